The van der Waals surface area contributed by atoms with E-state index in [2.05, 4.69) is 0 Å². The summed E-state index contributed by atoms with van der Waals surface area (Å²) in [5.74, 6) is 0. The number of aliphatic hydroxyl groups is 2. The van der Waals surface area contributed by atoms with Crippen LogP contribution in [-0.2, 0) is 0 Å². The van der Waals surface area contributed by atoms with Gasteiger partial charge in [-0.15, -0.1) is 0 Å². The molecule has 0 aromatic heterocycles. The van der Waals surface area contributed by atoms with Gasteiger partial charge in [0.25, 0.3) is 0 Å². The Morgan fingerprint density at radius 1 is 1.25 bits per heavy atom. The molecule has 0 fully saturated rings. The highest BCUT2D eigenvalue weighted by Gasteiger charge is 2.45. The molecule has 74 valence electrons. The molecule has 0 aliphatic heterocycles. The molecule has 0 aliphatic carbocycles. The minimum Gasteiger partial charge on any atom is -0.391 e. The molecule has 0 aromatic carbocycles. The predicted octanol–water partition coefficient (Wildman–Crippen LogP) is -0.468. The van der Waals surface area contributed by atoms with E-state index in [9.17, 15) is 10.2 Å². The summed E-state index contributed by atoms with van der Waals surface area (Å²) in [4.78, 5) is 0. The highest BCUT2D eigenvalue weighted by molar-refractivity contribution is 5.02. The van der Waals surface area contributed by atoms with E-state index in [1.54, 1.807) is 13.8 Å². The van der Waals surface area contributed by atoms with E-state index in [0.29, 0.717) is 12.8 Å². The Labute approximate surface area is 73.6 Å². The molecule has 12 heavy (non-hydrogen) atoms. The van der Waals surface area contributed by atoms with Crippen molar-refractivity contribution in [3.05, 3.63) is 0 Å². The summed E-state index contributed by atoms with van der Waals surface area (Å²) >= 11 is 0. The van der Waals surface area contributed by atoms with E-state index in [4.69, 9.17) is 11.5 Å². The van der Waals surface area contributed by atoms with E-state index < -0.39 is 17.4 Å². The predicted molar refractivity (Wildman–Crippen MR) is 48.3 cm³/mol. The Balaban J connectivity index is 4.74. The second-order valence-electron chi connectivity index (χ2n) is 3.35. The molecule has 0 aromatic rings. The van der Waals surface area contributed by atoms with Gasteiger partial charge in [0, 0.05) is 0 Å². The quantitative estimate of drug-likeness (QED) is 0.436. The molecule has 0 saturated carbocycles. The third kappa shape index (κ3) is 1.77. The Bertz CT molecular complexity index is 148. The third-order valence-corrected chi connectivity index (χ3v) is 2.68. The zero-order valence-corrected chi connectivity index (χ0v) is 8.04. The van der Waals surface area contributed by atoms with Crippen LogP contribution in [0.15, 0.2) is 0 Å². The van der Waals surface area contributed by atoms with E-state index >= 15 is 0 Å². The highest BCUT2D eigenvalue weighted by Crippen LogP contribution is 2.25. The maximum absolute atomic E-state index is 9.71. The summed E-state index contributed by atoms with van der Waals surface area (Å²) in [6, 6.07) is 0. The van der Waals surface area contributed by atoms with Gasteiger partial charge in [0.15, 0.2) is 0 Å². The van der Waals surface area contributed by atoms with Crippen LogP contribution in [0.2, 0.25) is 0 Å². The van der Waals surface area contributed by atoms with Crippen molar-refractivity contribution in [2.24, 2.45) is 11.5 Å². The lowest BCUT2D eigenvalue weighted by Crippen LogP contribution is -2.70. The fourth-order valence-corrected chi connectivity index (χ4v) is 1.29. The molecule has 0 saturated heterocycles. The largest absolute Gasteiger partial charge is 0.391 e. The van der Waals surface area contributed by atoms with Crippen molar-refractivity contribution < 1.29 is 10.2 Å². The Kier molecular flexibility index (Phi) is 3.65. The average Bonchev–Trinajstić information content (AvgIpc) is 2.02. The molecule has 4 nitrogen and oxygen atoms in total. The molecule has 4 heteroatoms. The van der Waals surface area contributed by atoms with E-state index in [1.807, 2.05) is 0 Å². The topological polar surface area (TPSA) is 92.5 Å². The summed E-state index contributed by atoms with van der Waals surface area (Å²) in [6.07, 6.45) is -0.0641. The smallest absolute Gasteiger partial charge is 0.133 e. The SMILES string of the molecule is CCC(N)(O)C(N)(CC)C(C)O. The number of hydrogen-bond acceptors (Lipinski definition) is 4. The van der Waals surface area contributed by atoms with Crippen LogP contribution in [0.4, 0.5) is 0 Å². The van der Waals surface area contributed by atoms with Crippen LogP contribution in [0.1, 0.15) is 33.6 Å². The van der Waals surface area contributed by atoms with Crippen molar-refractivity contribution in [3.8, 4) is 0 Å². The van der Waals surface area contributed by atoms with Gasteiger partial charge in [-0.2, -0.15) is 0 Å². The Morgan fingerprint density at radius 2 is 1.67 bits per heavy atom. The monoisotopic (exact) mass is 176 g/mol. The van der Waals surface area contributed by atoms with Gasteiger partial charge >= 0.3 is 0 Å². The summed E-state index contributed by atoms with van der Waals surface area (Å²) in [6.45, 7) is 5.07. The second kappa shape index (κ2) is 3.70. The van der Waals surface area contributed by atoms with Gasteiger partial charge in [0.05, 0.1) is 11.6 Å². The number of rotatable bonds is 4. The van der Waals surface area contributed by atoms with E-state index in [-0.39, 0.29) is 0 Å². The molecule has 0 amide bonds. The zero-order valence-electron chi connectivity index (χ0n) is 8.04. The van der Waals surface area contributed by atoms with Crippen LogP contribution in [0.25, 0.3) is 0 Å². The van der Waals surface area contributed by atoms with Crippen molar-refractivity contribution in [1.29, 1.82) is 0 Å². The lowest BCUT2D eigenvalue weighted by atomic mass is 9.79. The minimum absolute atomic E-state index is 0.322. The first kappa shape index (κ1) is 11.8. The molecule has 3 atom stereocenters. The van der Waals surface area contributed by atoms with Crippen LogP contribution in [-0.4, -0.2) is 27.6 Å². The summed E-state index contributed by atoms with van der Waals surface area (Å²) in [7, 11) is 0. The molecule has 3 unspecified atom stereocenters. The standard InChI is InChI=1S/C8H20N2O2/c1-4-7(9,6(3)11)8(10,12)5-2/h6,11-12H,4-5,9-10H2,1-3H3. The molecule has 6 N–H and O–H groups in total. The molecule has 0 aliphatic rings. The Morgan fingerprint density at radius 3 is 1.75 bits per heavy atom. The van der Waals surface area contributed by atoms with Gasteiger partial charge in [-0.25, -0.2) is 0 Å². The number of hydrogen-bond donors (Lipinski definition) is 4. The molecule has 0 rings (SSSR count). The fourth-order valence-electron chi connectivity index (χ4n) is 1.29. The third-order valence-electron chi connectivity index (χ3n) is 2.68. The molecular weight excluding hydrogens is 156 g/mol. The molecular formula is C8H20N2O2. The summed E-state index contributed by atoms with van der Waals surface area (Å²) in [5, 5.41) is 19.1. The van der Waals surface area contributed by atoms with Gasteiger partial charge in [0.1, 0.15) is 5.72 Å². The molecule has 0 heterocycles. The maximum atomic E-state index is 9.71. The summed E-state index contributed by atoms with van der Waals surface area (Å²) < 4.78 is 0. The van der Waals surface area contributed by atoms with Gasteiger partial charge in [0.2, 0.25) is 0 Å². The first-order valence-corrected chi connectivity index (χ1v) is 4.30. The van der Waals surface area contributed by atoms with Crippen molar-refractivity contribution in [2.75, 3.05) is 0 Å². The average molecular weight is 176 g/mol. The van der Waals surface area contributed by atoms with Crippen molar-refractivity contribution in [1.82, 2.24) is 0 Å². The first-order chi connectivity index (χ1) is 5.31. The van der Waals surface area contributed by atoms with Gasteiger partial charge in [-0.3, -0.25) is 0 Å². The Hall–Kier alpha value is -0.160. The minimum atomic E-state index is -1.50. The van der Waals surface area contributed by atoms with Crippen LogP contribution >= 0.6 is 0 Å². The van der Waals surface area contributed by atoms with Crippen LogP contribution in [0.3, 0.4) is 0 Å². The number of nitrogens with two attached hydrogens (primary N) is 2. The van der Waals surface area contributed by atoms with Crippen LogP contribution < -0.4 is 11.5 Å². The van der Waals surface area contributed by atoms with Crippen LogP contribution in [0, 0.1) is 0 Å². The number of aliphatic hydroxyl groups excluding tert-OH is 1. The van der Waals surface area contributed by atoms with Crippen molar-refractivity contribution in [3.63, 3.8) is 0 Å². The zero-order chi connectivity index (χ0) is 9.99. The maximum Gasteiger partial charge on any atom is 0.133 e. The highest BCUT2D eigenvalue weighted by atomic mass is 16.3. The van der Waals surface area contributed by atoms with E-state index in [0.717, 1.165) is 0 Å². The molecule has 0 radical (unpaired) electrons. The lowest BCUT2D eigenvalue weighted by Gasteiger charge is -2.43. The summed E-state index contributed by atoms with van der Waals surface area (Å²) in [5.41, 5.74) is 8.75. The lowest BCUT2D eigenvalue weighted by molar-refractivity contribution is -0.0856. The van der Waals surface area contributed by atoms with Gasteiger partial charge in [-0.1, -0.05) is 13.8 Å². The van der Waals surface area contributed by atoms with Gasteiger partial charge < -0.3 is 21.7 Å². The van der Waals surface area contributed by atoms with Crippen molar-refractivity contribution in [2.45, 2.75) is 51.0 Å². The second-order valence-corrected chi connectivity index (χ2v) is 3.35. The van der Waals surface area contributed by atoms with Crippen molar-refractivity contribution >= 4 is 0 Å². The molecule has 0 spiro atoms. The van der Waals surface area contributed by atoms with Crippen LogP contribution in [0.5, 0.6) is 0 Å². The van der Waals surface area contributed by atoms with E-state index in [1.165, 1.54) is 6.92 Å². The fraction of sp³-hybridized carbons (Fsp3) is 1.00. The van der Waals surface area contributed by atoms with Gasteiger partial charge in [-0.05, 0) is 19.8 Å². The normalized spacial score (nSPS) is 24.2. The first-order valence-electron chi connectivity index (χ1n) is 4.30. The molecule has 0 bridgehead atoms.